The van der Waals surface area contributed by atoms with Gasteiger partial charge in [0.25, 0.3) is 0 Å². The fourth-order valence-corrected chi connectivity index (χ4v) is 3.58. The molecule has 3 rings (SSSR count). The van der Waals surface area contributed by atoms with E-state index in [0.717, 1.165) is 11.1 Å². The smallest absolute Gasteiger partial charge is 0.240 e. The summed E-state index contributed by atoms with van der Waals surface area (Å²) in [6.07, 6.45) is 1.50. The molecule has 0 aliphatic rings. The molecule has 29 heavy (non-hydrogen) atoms. The summed E-state index contributed by atoms with van der Waals surface area (Å²) >= 11 is 0. The molecule has 8 nitrogen and oxygen atoms in total. The minimum absolute atomic E-state index is 0.0497. The van der Waals surface area contributed by atoms with E-state index in [-0.39, 0.29) is 17.3 Å². The van der Waals surface area contributed by atoms with Crippen LogP contribution in [0, 0.1) is 0 Å². The van der Waals surface area contributed by atoms with Gasteiger partial charge in [0, 0.05) is 24.9 Å². The molecule has 150 valence electrons. The Morgan fingerprint density at radius 1 is 1.00 bits per heavy atom. The molecule has 0 saturated carbocycles. The van der Waals surface area contributed by atoms with Crippen LogP contribution in [-0.2, 0) is 21.4 Å². The van der Waals surface area contributed by atoms with Gasteiger partial charge >= 0.3 is 0 Å². The molecule has 0 spiro atoms. The molecular weight excluding hydrogens is 392 g/mol. The summed E-state index contributed by atoms with van der Waals surface area (Å²) in [7, 11) is -2.24. The van der Waals surface area contributed by atoms with Crippen molar-refractivity contribution in [2.75, 3.05) is 12.4 Å². The molecule has 0 bridgehead atoms. The standard InChI is InChI=1S/C20H20N4O4S/c1-14(25)23-17-7-3-15(4-8-17)16-5-9-18(10-6-16)29(26,27)22-13-19-21-12-11-20(24-19)28-2/h3-12,22H,13H2,1-2H3,(H,23,25). The van der Waals surface area contributed by atoms with Gasteiger partial charge in [0.05, 0.1) is 18.6 Å². The van der Waals surface area contributed by atoms with Crippen molar-refractivity contribution in [3.63, 3.8) is 0 Å². The lowest BCUT2D eigenvalue weighted by Gasteiger charge is -2.08. The monoisotopic (exact) mass is 412 g/mol. The summed E-state index contributed by atoms with van der Waals surface area (Å²) in [6.45, 7) is 1.40. The minimum Gasteiger partial charge on any atom is -0.481 e. The predicted molar refractivity (Wildman–Crippen MR) is 109 cm³/mol. The second-order valence-electron chi connectivity index (χ2n) is 6.12. The average molecular weight is 412 g/mol. The van der Waals surface area contributed by atoms with Gasteiger partial charge in [-0.3, -0.25) is 4.79 Å². The lowest BCUT2D eigenvalue weighted by Crippen LogP contribution is -2.24. The van der Waals surface area contributed by atoms with E-state index in [4.69, 9.17) is 4.74 Å². The third-order valence-electron chi connectivity index (χ3n) is 4.01. The van der Waals surface area contributed by atoms with Gasteiger partial charge in [-0.25, -0.2) is 18.1 Å². The number of rotatable bonds is 7. The predicted octanol–water partition coefficient (Wildman–Crippen LogP) is 2.59. The van der Waals surface area contributed by atoms with E-state index in [1.165, 1.54) is 32.4 Å². The third-order valence-corrected chi connectivity index (χ3v) is 5.43. The molecule has 0 unspecified atom stereocenters. The lowest BCUT2D eigenvalue weighted by atomic mass is 10.1. The Morgan fingerprint density at radius 2 is 1.62 bits per heavy atom. The molecule has 0 saturated heterocycles. The van der Waals surface area contributed by atoms with E-state index in [0.29, 0.717) is 17.4 Å². The van der Waals surface area contributed by atoms with Crippen LogP contribution in [0.3, 0.4) is 0 Å². The minimum atomic E-state index is -3.72. The Kier molecular flexibility index (Phi) is 6.20. The Morgan fingerprint density at radius 3 is 2.21 bits per heavy atom. The first-order chi connectivity index (χ1) is 13.9. The number of hydrogen-bond acceptors (Lipinski definition) is 6. The molecule has 1 amide bonds. The molecule has 0 atom stereocenters. The Hall–Kier alpha value is -3.30. The van der Waals surface area contributed by atoms with Crippen LogP contribution in [0.4, 0.5) is 5.69 Å². The van der Waals surface area contributed by atoms with Gasteiger partial charge in [0.2, 0.25) is 21.8 Å². The molecule has 0 aliphatic carbocycles. The summed E-state index contributed by atoms with van der Waals surface area (Å²) < 4.78 is 32.5. The van der Waals surface area contributed by atoms with Gasteiger partial charge in [0.15, 0.2) is 0 Å². The molecule has 3 aromatic rings. The number of hydrogen-bond donors (Lipinski definition) is 2. The number of methoxy groups -OCH3 is 1. The SMILES string of the molecule is COc1ccnc(CNS(=O)(=O)c2ccc(-c3ccc(NC(C)=O)cc3)cc2)n1. The number of anilines is 1. The molecule has 0 fully saturated rings. The first-order valence-corrected chi connectivity index (χ1v) is 10.2. The number of carbonyl (C=O) groups is 1. The zero-order chi connectivity index (χ0) is 20.9. The first kappa shape index (κ1) is 20.4. The largest absolute Gasteiger partial charge is 0.481 e. The molecule has 1 aromatic heterocycles. The molecule has 0 aliphatic heterocycles. The molecular formula is C20H20N4O4S. The number of carbonyl (C=O) groups excluding carboxylic acids is 1. The van der Waals surface area contributed by atoms with E-state index in [1.807, 2.05) is 12.1 Å². The number of aromatic nitrogens is 2. The van der Waals surface area contributed by atoms with Crippen molar-refractivity contribution < 1.29 is 17.9 Å². The molecule has 1 heterocycles. The highest BCUT2D eigenvalue weighted by Gasteiger charge is 2.15. The lowest BCUT2D eigenvalue weighted by molar-refractivity contribution is -0.114. The fraction of sp³-hybridized carbons (Fsp3) is 0.150. The van der Waals surface area contributed by atoms with Crippen molar-refractivity contribution >= 4 is 21.6 Å². The zero-order valence-corrected chi connectivity index (χ0v) is 16.7. The van der Waals surface area contributed by atoms with Crippen molar-refractivity contribution in [3.8, 4) is 17.0 Å². The molecule has 0 radical (unpaired) electrons. The van der Waals surface area contributed by atoms with Gasteiger partial charge in [-0.05, 0) is 35.4 Å². The fourth-order valence-electron chi connectivity index (χ4n) is 2.60. The van der Waals surface area contributed by atoms with Gasteiger partial charge in [-0.2, -0.15) is 4.98 Å². The number of sulfonamides is 1. The Labute approximate surface area is 169 Å². The number of amides is 1. The second-order valence-corrected chi connectivity index (χ2v) is 7.89. The summed E-state index contributed by atoms with van der Waals surface area (Å²) in [4.78, 5) is 19.3. The number of ether oxygens (including phenoxy) is 1. The van der Waals surface area contributed by atoms with Crippen LogP contribution >= 0.6 is 0 Å². The highest BCUT2D eigenvalue weighted by atomic mass is 32.2. The average Bonchev–Trinajstić information content (AvgIpc) is 2.73. The Balaban J connectivity index is 1.70. The molecule has 9 heteroatoms. The van der Waals surface area contributed by atoms with Crippen molar-refractivity contribution in [1.82, 2.24) is 14.7 Å². The summed E-state index contributed by atoms with van der Waals surface area (Å²) in [5.41, 5.74) is 2.46. The third kappa shape index (κ3) is 5.37. The van der Waals surface area contributed by atoms with Crippen LogP contribution in [0.5, 0.6) is 5.88 Å². The van der Waals surface area contributed by atoms with E-state index < -0.39 is 10.0 Å². The number of nitrogens with one attached hydrogen (secondary N) is 2. The van der Waals surface area contributed by atoms with E-state index >= 15 is 0 Å². The van der Waals surface area contributed by atoms with Crippen LogP contribution in [0.1, 0.15) is 12.7 Å². The van der Waals surface area contributed by atoms with Crippen molar-refractivity contribution in [1.29, 1.82) is 0 Å². The van der Waals surface area contributed by atoms with Crippen molar-refractivity contribution in [2.45, 2.75) is 18.4 Å². The highest BCUT2D eigenvalue weighted by Crippen LogP contribution is 2.23. The first-order valence-electron chi connectivity index (χ1n) is 8.71. The number of benzene rings is 2. The zero-order valence-electron chi connectivity index (χ0n) is 15.9. The van der Waals surface area contributed by atoms with Crippen LogP contribution in [0.2, 0.25) is 0 Å². The number of nitrogens with zero attached hydrogens (tertiary/aromatic N) is 2. The normalized spacial score (nSPS) is 11.1. The van der Waals surface area contributed by atoms with Crippen LogP contribution < -0.4 is 14.8 Å². The summed E-state index contributed by atoms with van der Waals surface area (Å²) in [6, 6.07) is 15.4. The molecule has 2 aromatic carbocycles. The topological polar surface area (TPSA) is 110 Å². The van der Waals surface area contributed by atoms with E-state index in [9.17, 15) is 13.2 Å². The maximum Gasteiger partial charge on any atom is 0.240 e. The van der Waals surface area contributed by atoms with Gasteiger partial charge in [0.1, 0.15) is 5.82 Å². The van der Waals surface area contributed by atoms with Gasteiger partial charge < -0.3 is 10.1 Å². The van der Waals surface area contributed by atoms with E-state index in [2.05, 4.69) is 20.0 Å². The van der Waals surface area contributed by atoms with Gasteiger partial charge in [-0.1, -0.05) is 24.3 Å². The maximum absolute atomic E-state index is 12.5. The molecule has 2 N–H and O–H groups in total. The highest BCUT2D eigenvalue weighted by molar-refractivity contribution is 7.89. The second kappa shape index (κ2) is 8.80. The quantitative estimate of drug-likeness (QED) is 0.617. The Bertz CT molecular complexity index is 1100. The van der Waals surface area contributed by atoms with Crippen LogP contribution in [-0.4, -0.2) is 31.4 Å². The van der Waals surface area contributed by atoms with E-state index in [1.54, 1.807) is 30.3 Å². The van der Waals surface area contributed by atoms with Crippen molar-refractivity contribution in [2.24, 2.45) is 0 Å². The van der Waals surface area contributed by atoms with Crippen molar-refractivity contribution in [3.05, 3.63) is 66.6 Å². The summed E-state index contributed by atoms with van der Waals surface area (Å²) in [5, 5.41) is 2.70. The van der Waals surface area contributed by atoms with Gasteiger partial charge in [-0.15, -0.1) is 0 Å². The maximum atomic E-state index is 12.5. The van der Waals surface area contributed by atoms with Crippen LogP contribution in [0.15, 0.2) is 65.7 Å². The summed E-state index contributed by atoms with van der Waals surface area (Å²) in [5.74, 6) is 0.533. The van der Waals surface area contributed by atoms with Crippen LogP contribution in [0.25, 0.3) is 11.1 Å².